The summed E-state index contributed by atoms with van der Waals surface area (Å²) in [4.78, 5) is 40.1. The molecule has 1 saturated carbocycles. The van der Waals surface area contributed by atoms with E-state index in [0.29, 0.717) is 32.2 Å². The predicted octanol–water partition coefficient (Wildman–Crippen LogP) is 1.32. The van der Waals surface area contributed by atoms with Crippen LogP contribution in [0, 0.1) is 23.7 Å². The fourth-order valence-electron chi connectivity index (χ4n) is 8.44. The maximum atomic E-state index is 12.9. The van der Waals surface area contributed by atoms with E-state index in [1.807, 2.05) is 20.8 Å². The van der Waals surface area contributed by atoms with Crippen LogP contribution in [0.25, 0.3) is 0 Å². The van der Waals surface area contributed by atoms with Crippen LogP contribution >= 0.6 is 0 Å². The van der Waals surface area contributed by atoms with Crippen molar-refractivity contribution in [1.29, 1.82) is 0 Å². The Hall–Kier alpha value is -1.87. The number of carbonyl (C=O) groups is 3. The molecular weight excluding hydrogens is 416 g/mol. The molecule has 0 radical (unpaired) electrons. The van der Waals surface area contributed by atoms with Crippen molar-refractivity contribution in [3.05, 3.63) is 0 Å². The number of aliphatic hydroxyl groups is 1. The molecule has 2 N–H and O–H groups in total. The molecular formula is C23H32N2O7. The first kappa shape index (κ1) is 20.7. The van der Waals surface area contributed by atoms with E-state index in [4.69, 9.17) is 14.2 Å². The van der Waals surface area contributed by atoms with Crippen LogP contribution in [0.4, 0.5) is 4.79 Å². The van der Waals surface area contributed by atoms with Gasteiger partial charge in [0.25, 0.3) is 0 Å². The summed E-state index contributed by atoms with van der Waals surface area (Å²) in [5.74, 6) is -1.94. The number of ether oxygens (including phenoxy) is 3. The number of carbonyl (C=O) groups excluding carboxylic acids is 3. The second-order valence-electron chi connectivity index (χ2n) is 10.8. The third kappa shape index (κ3) is 2.11. The smallest absolute Gasteiger partial charge is 0.409 e. The summed E-state index contributed by atoms with van der Waals surface area (Å²) < 4.78 is 17.8. The average Bonchev–Trinajstić information content (AvgIpc) is 3.37. The molecule has 32 heavy (non-hydrogen) atoms. The Bertz CT molecular complexity index is 896. The Balaban J connectivity index is 1.57. The van der Waals surface area contributed by atoms with Crippen molar-refractivity contribution in [1.82, 2.24) is 10.2 Å². The molecule has 10 atom stereocenters. The van der Waals surface area contributed by atoms with Gasteiger partial charge in [-0.25, -0.2) is 4.79 Å². The average molecular weight is 449 g/mol. The van der Waals surface area contributed by atoms with Crippen LogP contribution in [0.1, 0.15) is 59.3 Å². The van der Waals surface area contributed by atoms with Crippen LogP contribution in [-0.2, 0) is 23.8 Å². The highest BCUT2D eigenvalue weighted by atomic mass is 16.6. The first-order chi connectivity index (χ1) is 15.2. The van der Waals surface area contributed by atoms with E-state index in [2.05, 4.69) is 10.2 Å². The molecule has 6 fully saturated rings. The molecule has 1 aliphatic carbocycles. The molecule has 0 bridgehead atoms. The van der Waals surface area contributed by atoms with Crippen LogP contribution in [-0.4, -0.2) is 69.7 Å². The fourth-order valence-corrected chi connectivity index (χ4v) is 8.44. The largest absolute Gasteiger partial charge is 0.461 e. The van der Waals surface area contributed by atoms with Crippen LogP contribution in [0.5, 0.6) is 0 Å². The summed E-state index contributed by atoms with van der Waals surface area (Å²) >= 11 is 0. The maximum absolute atomic E-state index is 12.9. The zero-order valence-corrected chi connectivity index (χ0v) is 18.8. The van der Waals surface area contributed by atoms with Gasteiger partial charge in [-0.3, -0.25) is 19.8 Å². The molecule has 9 heteroatoms. The van der Waals surface area contributed by atoms with E-state index in [0.717, 1.165) is 12.8 Å². The molecule has 0 aromatic heterocycles. The fraction of sp³-hybridized carbons (Fsp3) is 0.870. The van der Waals surface area contributed by atoms with Gasteiger partial charge in [-0.1, -0.05) is 20.8 Å². The Kier molecular flexibility index (Phi) is 4.13. The van der Waals surface area contributed by atoms with Gasteiger partial charge in [-0.15, -0.1) is 0 Å². The molecule has 5 aliphatic heterocycles. The SMILES string of the molecule is CC[C@H]1[C@@H]2OC(=O)[C@@H](C)[C@@H]2[C@@]2(O)C[C@@H]([C@@H]3C[C@H](C)C(=O)O3)N3CCCC[C@@]14OC(=O)N[C@@]324. The lowest BCUT2D eigenvalue weighted by Gasteiger charge is -2.61. The molecule has 1 amide bonds. The molecule has 9 nitrogen and oxygen atoms in total. The predicted molar refractivity (Wildman–Crippen MR) is 109 cm³/mol. The number of nitrogens with one attached hydrogen (secondary N) is 1. The van der Waals surface area contributed by atoms with E-state index < -0.39 is 40.9 Å². The minimum absolute atomic E-state index is 0.202. The molecule has 0 aromatic carbocycles. The molecule has 176 valence electrons. The maximum Gasteiger partial charge on any atom is 0.409 e. The van der Waals surface area contributed by atoms with Crippen LogP contribution < -0.4 is 5.32 Å². The standard InChI is InChI=1S/C23H32N2O7/c1-4-13-17-16(12(3)19(27)31-17)21(29)10-14(15-9-11(2)18(26)30-15)25-8-6-5-7-22(13)23(21,25)24-20(28)32-22/h11-17,29H,4-10H2,1-3H3,(H,24,28)/t11-,12-,13-,14-,15-,16-,17-,21-,22+,23+/m0/s1. The zero-order valence-electron chi connectivity index (χ0n) is 18.8. The van der Waals surface area contributed by atoms with Crippen molar-refractivity contribution in [2.45, 2.75) is 94.4 Å². The van der Waals surface area contributed by atoms with E-state index >= 15 is 0 Å². The Morgan fingerprint density at radius 3 is 2.62 bits per heavy atom. The van der Waals surface area contributed by atoms with Crippen molar-refractivity contribution in [2.75, 3.05) is 6.54 Å². The van der Waals surface area contributed by atoms with Gasteiger partial charge in [-0.2, -0.15) is 0 Å². The minimum Gasteiger partial charge on any atom is -0.461 e. The lowest BCUT2D eigenvalue weighted by molar-refractivity contribution is -0.255. The van der Waals surface area contributed by atoms with Gasteiger partial charge in [0.05, 0.1) is 17.9 Å². The number of hydrogen-bond donors (Lipinski definition) is 2. The number of hydrogen-bond acceptors (Lipinski definition) is 8. The molecule has 0 aromatic rings. The van der Waals surface area contributed by atoms with E-state index in [-0.39, 0.29) is 35.9 Å². The zero-order chi connectivity index (χ0) is 22.6. The second-order valence-corrected chi connectivity index (χ2v) is 10.8. The second kappa shape index (κ2) is 6.38. The molecule has 1 spiro atoms. The van der Waals surface area contributed by atoms with Gasteiger partial charge in [-0.05, 0) is 38.5 Å². The van der Waals surface area contributed by atoms with Crippen LogP contribution in [0.2, 0.25) is 0 Å². The van der Waals surface area contributed by atoms with Crippen molar-refractivity contribution < 1.29 is 33.7 Å². The first-order valence-electron chi connectivity index (χ1n) is 12.1. The molecule has 6 aliphatic rings. The summed E-state index contributed by atoms with van der Waals surface area (Å²) in [5, 5.41) is 15.7. The minimum atomic E-state index is -1.45. The van der Waals surface area contributed by atoms with E-state index in [1.54, 1.807) is 0 Å². The van der Waals surface area contributed by atoms with Gasteiger partial charge in [0.2, 0.25) is 0 Å². The highest BCUT2D eigenvalue weighted by molar-refractivity contribution is 5.78. The highest BCUT2D eigenvalue weighted by Crippen LogP contribution is 2.67. The number of amides is 1. The monoisotopic (exact) mass is 448 g/mol. The first-order valence-corrected chi connectivity index (χ1v) is 12.1. The van der Waals surface area contributed by atoms with Gasteiger partial charge in [0, 0.05) is 18.4 Å². The summed E-state index contributed by atoms with van der Waals surface area (Å²) in [7, 11) is 0. The molecule has 6 rings (SSSR count). The lowest BCUT2D eigenvalue weighted by atomic mass is 9.52. The summed E-state index contributed by atoms with van der Waals surface area (Å²) in [6.07, 6.45) is 2.39. The number of alkyl carbamates (subject to hydrolysis) is 1. The third-order valence-electron chi connectivity index (χ3n) is 9.53. The topological polar surface area (TPSA) is 114 Å². The number of fused-ring (bicyclic) bond motifs is 2. The molecule has 0 unspecified atom stereocenters. The Labute approximate surface area is 187 Å². The van der Waals surface area contributed by atoms with Crippen molar-refractivity contribution in [3.8, 4) is 0 Å². The van der Waals surface area contributed by atoms with Crippen molar-refractivity contribution in [2.24, 2.45) is 23.7 Å². The molecule has 5 saturated heterocycles. The summed E-state index contributed by atoms with van der Waals surface area (Å²) in [5.41, 5.74) is -3.65. The summed E-state index contributed by atoms with van der Waals surface area (Å²) in [6, 6.07) is -0.271. The van der Waals surface area contributed by atoms with Gasteiger partial charge in [0.15, 0.2) is 11.3 Å². The van der Waals surface area contributed by atoms with Crippen molar-refractivity contribution in [3.63, 3.8) is 0 Å². The number of esters is 2. The normalized spacial score (nSPS) is 54.1. The summed E-state index contributed by atoms with van der Waals surface area (Å²) in [6.45, 7) is 6.35. The van der Waals surface area contributed by atoms with Crippen molar-refractivity contribution >= 4 is 18.0 Å². The number of rotatable bonds is 2. The van der Waals surface area contributed by atoms with E-state index in [9.17, 15) is 19.5 Å². The van der Waals surface area contributed by atoms with Gasteiger partial charge in [0.1, 0.15) is 17.8 Å². The third-order valence-corrected chi connectivity index (χ3v) is 9.53. The lowest BCUT2D eigenvalue weighted by Crippen LogP contribution is -2.82. The highest BCUT2D eigenvalue weighted by Gasteiger charge is 2.86. The quantitative estimate of drug-likeness (QED) is 0.480. The Morgan fingerprint density at radius 2 is 1.94 bits per heavy atom. The number of cyclic esters (lactones) is 1. The Morgan fingerprint density at radius 1 is 1.16 bits per heavy atom. The van der Waals surface area contributed by atoms with Crippen LogP contribution in [0.3, 0.4) is 0 Å². The number of nitrogens with zero attached hydrogens (tertiary/aromatic N) is 1. The van der Waals surface area contributed by atoms with E-state index in [1.165, 1.54) is 0 Å². The van der Waals surface area contributed by atoms with Gasteiger partial charge >= 0.3 is 18.0 Å². The van der Waals surface area contributed by atoms with Crippen LogP contribution in [0.15, 0.2) is 0 Å². The van der Waals surface area contributed by atoms with Gasteiger partial charge < -0.3 is 19.3 Å². The molecule has 5 heterocycles.